The maximum Gasteiger partial charge on any atom is 0.326 e. The van der Waals surface area contributed by atoms with Crippen LogP contribution in [-0.4, -0.2) is 111 Å². The van der Waals surface area contributed by atoms with Crippen molar-refractivity contribution in [3.8, 4) is 11.5 Å². The van der Waals surface area contributed by atoms with Crippen LogP contribution in [0.25, 0.3) is 0 Å². The fourth-order valence-electron chi connectivity index (χ4n) is 4.70. The molecule has 53 heavy (non-hydrogen) atoms. The molecule has 0 saturated heterocycles. The highest BCUT2D eigenvalue weighted by Crippen LogP contribution is 2.13. The Morgan fingerprint density at radius 1 is 0.698 bits per heavy atom. The number of carbonyl (C=O) groups excluding carboxylic acids is 5. The Balaban J connectivity index is 2.03. The Hall–Kier alpha value is -6.44. The molecule has 2 rings (SSSR count). The molecule has 20 heteroatoms. The van der Waals surface area contributed by atoms with Crippen LogP contribution in [0.3, 0.4) is 0 Å². The smallest absolute Gasteiger partial charge is 0.326 e. The number of guanidine groups is 1. The Morgan fingerprint density at radius 2 is 1.23 bits per heavy atom. The zero-order valence-electron chi connectivity index (χ0n) is 28.8. The first kappa shape index (κ1) is 42.7. The number of nitrogens with zero attached hydrogens (tertiary/aromatic N) is 1. The van der Waals surface area contributed by atoms with Gasteiger partial charge >= 0.3 is 11.9 Å². The number of rotatable bonds is 21. The van der Waals surface area contributed by atoms with Gasteiger partial charge in [0.2, 0.25) is 29.5 Å². The van der Waals surface area contributed by atoms with Crippen LogP contribution in [0.5, 0.6) is 11.5 Å². The summed E-state index contributed by atoms with van der Waals surface area (Å²) in [4.78, 5) is 91.5. The van der Waals surface area contributed by atoms with E-state index < -0.39 is 84.6 Å². The number of benzene rings is 2. The Bertz CT molecular complexity index is 1630. The van der Waals surface area contributed by atoms with Crippen molar-refractivity contribution in [3.63, 3.8) is 0 Å². The quantitative estimate of drug-likeness (QED) is 0.0342. The predicted molar refractivity (Wildman–Crippen MR) is 188 cm³/mol. The normalized spacial score (nSPS) is 13.5. The van der Waals surface area contributed by atoms with Crippen LogP contribution in [0.1, 0.15) is 37.3 Å². The number of carbonyl (C=O) groups is 7. The standard InChI is InChI=1S/C33H45N9O11/c1-17(39-26(45)16-38-30(50)25(15-27(46)47)42-29(49)22(34)13-18-4-8-20(43)9-5-18)28(48)41-24(14-19-6-10-21(44)11-7-19)31(51)40-23(32(52)53)3-2-12-37-33(35)36/h4-11,17,22-25,43-44H,2-3,12-16,34H2,1H3,(H,38,50)(H,39,45)(H,40,51)(H,41,48)(H,42,49)(H,46,47)(H,52,53)(H4,35,36,37). The summed E-state index contributed by atoms with van der Waals surface area (Å²) in [6, 6.07) is 4.74. The van der Waals surface area contributed by atoms with Gasteiger partial charge in [-0.2, -0.15) is 0 Å². The summed E-state index contributed by atoms with van der Waals surface area (Å²) in [5, 5.41) is 49.6. The van der Waals surface area contributed by atoms with E-state index in [-0.39, 0.29) is 49.7 Å². The minimum Gasteiger partial charge on any atom is -0.508 e. The van der Waals surface area contributed by atoms with Crippen LogP contribution in [0, 0.1) is 0 Å². The number of nitrogens with one attached hydrogen (secondary N) is 5. The number of hydrogen-bond acceptors (Lipinski definition) is 11. The van der Waals surface area contributed by atoms with Crippen molar-refractivity contribution in [2.24, 2.45) is 22.2 Å². The van der Waals surface area contributed by atoms with Crippen molar-refractivity contribution in [2.75, 3.05) is 13.1 Å². The second-order valence-corrected chi connectivity index (χ2v) is 11.9. The predicted octanol–water partition coefficient (Wildman–Crippen LogP) is -3.10. The molecule has 0 spiro atoms. The molecule has 5 atom stereocenters. The first-order chi connectivity index (χ1) is 24.9. The van der Waals surface area contributed by atoms with Gasteiger partial charge < -0.3 is 64.2 Å². The number of nitrogens with two attached hydrogens (primary N) is 3. The van der Waals surface area contributed by atoms with E-state index in [9.17, 15) is 54.0 Å². The molecular weight excluding hydrogens is 698 g/mol. The average Bonchev–Trinajstić information content (AvgIpc) is 3.09. The molecular formula is C33H45N9O11. The van der Waals surface area contributed by atoms with Crippen LogP contribution in [0.4, 0.5) is 0 Å². The van der Waals surface area contributed by atoms with Crippen molar-refractivity contribution in [1.82, 2.24) is 26.6 Å². The summed E-state index contributed by atoms with van der Waals surface area (Å²) in [7, 11) is 0. The minimum atomic E-state index is -1.61. The topological polar surface area (TPSA) is 351 Å². The highest BCUT2D eigenvalue weighted by molar-refractivity contribution is 5.96. The first-order valence-corrected chi connectivity index (χ1v) is 16.2. The van der Waals surface area contributed by atoms with Crippen molar-refractivity contribution in [3.05, 3.63) is 59.7 Å². The number of aliphatic imine (C=N–C) groups is 1. The number of phenolic OH excluding ortho intramolecular Hbond substituents is 2. The molecule has 0 saturated carbocycles. The third kappa shape index (κ3) is 16.0. The van der Waals surface area contributed by atoms with E-state index >= 15 is 0 Å². The van der Waals surface area contributed by atoms with E-state index in [1.807, 2.05) is 0 Å². The summed E-state index contributed by atoms with van der Waals surface area (Å²) >= 11 is 0. The van der Waals surface area contributed by atoms with Gasteiger partial charge in [0.1, 0.15) is 35.7 Å². The van der Waals surface area contributed by atoms with E-state index in [1.165, 1.54) is 55.5 Å². The van der Waals surface area contributed by atoms with Crippen LogP contribution in [0.15, 0.2) is 53.5 Å². The van der Waals surface area contributed by atoms with E-state index in [4.69, 9.17) is 17.2 Å². The number of carboxylic acids is 2. The van der Waals surface area contributed by atoms with E-state index in [2.05, 4.69) is 31.6 Å². The minimum absolute atomic E-state index is 0.00133. The zero-order chi connectivity index (χ0) is 39.7. The number of phenols is 2. The highest BCUT2D eigenvalue weighted by Gasteiger charge is 2.30. The van der Waals surface area contributed by atoms with Gasteiger partial charge in [0, 0.05) is 13.0 Å². The third-order valence-electron chi connectivity index (χ3n) is 7.50. The molecule has 2 aromatic rings. The lowest BCUT2D eigenvalue weighted by Gasteiger charge is -2.23. The second kappa shape index (κ2) is 21.0. The first-order valence-electron chi connectivity index (χ1n) is 16.2. The fraction of sp³-hybridized carbons (Fsp3) is 0.394. The van der Waals surface area contributed by atoms with Crippen molar-refractivity contribution >= 4 is 47.4 Å². The van der Waals surface area contributed by atoms with Crippen LogP contribution >= 0.6 is 0 Å². The molecule has 20 nitrogen and oxygen atoms in total. The van der Waals surface area contributed by atoms with Gasteiger partial charge in [-0.3, -0.25) is 33.8 Å². The summed E-state index contributed by atoms with van der Waals surface area (Å²) in [6.45, 7) is 0.648. The number of aromatic hydroxyl groups is 2. The average molecular weight is 744 g/mol. The summed E-state index contributed by atoms with van der Waals surface area (Å²) in [5.41, 5.74) is 17.6. The van der Waals surface area contributed by atoms with E-state index in [1.54, 1.807) is 0 Å². The van der Waals surface area contributed by atoms with Crippen LogP contribution in [0.2, 0.25) is 0 Å². The Labute approximate surface area is 303 Å². The Morgan fingerprint density at radius 3 is 1.75 bits per heavy atom. The molecule has 0 aliphatic carbocycles. The molecule has 5 unspecified atom stereocenters. The molecule has 0 aliphatic heterocycles. The van der Waals surface area contributed by atoms with Crippen molar-refractivity contribution < 1.29 is 54.0 Å². The summed E-state index contributed by atoms with van der Waals surface area (Å²) in [6.07, 6.45) is -0.799. The second-order valence-electron chi connectivity index (χ2n) is 11.9. The molecule has 0 radical (unpaired) electrons. The lowest BCUT2D eigenvalue weighted by atomic mass is 10.0. The monoisotopic (exact) mass is 743 g/mol. The highest BCUT2D eigenvalue weighted by atomic mass is 16.4. The maximum absolute atomic E-state index is 13.3. The van der Waals surface area contributed by atoms with Gasteiger partial charge in [-0.1, -0.05) is 24.3 Å². The van der Waals surface area contributed by atoms with Gasteiger partial charge in [-0.05, 0) is 61.6 Å². The van der Waals surface area contributed by atoms with Gasteiger partial charge in [0.05, 0.1) is 19.0 Å². The van der Waals surface area contributed by atoms with Crippen LogP contribution < -0.4 is 43.8 Å². The lowest BCUT2D eigenvalue weighted by Crippen LogP contribution is -2.57. The molecule has 0 bridgehead atoms. The fourth-order valence-corrected chi connectivity index (χ4v) is 4.70. The number of hydrogen-bond donors (Lipinski definition) is 12. The lowest BCUT2D eigenvalue weighted by molar-refractivity contribution is -0.142. The zero-order valence-corrected chi connectivity index (χ0v) is 28.8. The van der Waals surface area contributed by atoms with E-state index in [0.717, 1.165) is 0 Å². The number of aliphatic carboxylic acids is 2. The largest absolute Gasteiger partial charge is 0.508 e. The van der Waals surface area contributed by atoms with Crippen molar-refractivity contribution in [2.45, 2.75) is 69.2 Å². The third-order valence-corrected chi connectivity index (χ3v) is 7.50. The molecule has 0 heterocycles. The van der Waals surface area contributed by atoms with Crippen molar-refractivity contribution in [1.29, 1.82) is 0 Å². The molecule has 0 aromatic heterocycles. The van der Waals surface area contributed by atoms with Gasteiger partial charge in [-0.15, -0.1) is 0 Å². The molecule has 288 valence electrons. The van der Waals surface area contributed by atoms with Gasteiger partial charge in [-0.25, -0.2) is 4.79 Å². The summed E-state index contributed by atoms with van der Waals surface area (Å²) in [5.74, 6) is -7.50. The summed E-state index contributed by atoms with van der Waals surface area (Å²) < 4.78 is 0. The molecule has 15 N–H and O–H groups in total. The molecule has 0 aliphatic rings. The van der Waals surface area contributed by atoms with Crippen LogP contribution in [-0.2, 0) is 46.4 Å². The molecule has 5 amide bonds. The van der Waals surface area contributed by atoms with Gasteiger partial charge in [0.15, 0.2) is 5.96 Å². The number of amides is 5. The molecule has 2 aromatic carbocycles. The SMILES string of the molecule is CC(NC(=O)CNC(=O)C(CC(=O)O)NC(=O)C(N)Cc1ccc(O)cc1)C(=O)NC(Cc1ccc(O)cc1)C(=O)NC(CCCN=C(N)N)C(=O)O. The number of carboxylic acid groups (broad SMARTS) is 2. The van der Waals surface area contributed by atoms with E-state index in [0.29, 0.717) is 11.1 Å². The molecule has 0 fully saturated rings. The van der Waals surface area contributed by atoms with Gasteiger partial charge in [0.25, 0.3) is 0 Å². The maximum atomic E-state index is 13.3. The Kier molecular flexibility index (Phi) is 17.0.